The number of hydrogen-bond acceptors (Lipinski definition) is 3. The maximum atomic E-state index is 11.3. The van der Waals surface area contributed by atoms with Gasteiger partial charge in [-0.3, -0.25) is 0 Å². The molecule has 0 unspecified atom stereocenters. The molecule has 0 spiro atoms. The van der Waals surface area contributed by atoms with Gasteiger partial charge in [0, 0.05) is 10.7 Å². The fourth-order valence-corrected chi connectivity index (χ4v) is 3.70. The molecule has 3 nitrogen and oxygen atoms in total. The molecule has 1 aromatic carbocycles. The quantitative estimate of drug-likeness (QED) is 0.796. The first-order chi connectivity index (χ1) is 8.86. The van der Waals surface area contributed by atoms with Crippen LogP contribution in [0.4, 0.5) is 0 Å². The Morgan fingerprint density at radius 3 is 2.37 bits per heavy atom. The molecule has 2 rings (SSSR count). The van der Waals surface area contributed by atoms with Crippen molar-refractivity contribution in [1.82, 2.24) is 0 Å². The molecule has 1 aromatic rings. The fraction of sp³-hybridized carbons (Fsp3) is 0.571. The summed E-state index contributed by atoms with van der Waals surface area (Å²) < 4.78 is 28.5. The maximum Gasteiger partial charge on any atom is 0.261 e. The Morgan fingerprint density at radius 1 is 1.21 bits per heavy atom. The molecule has 1 aliphatic carbocycles. The van der Waals surface area contributed by atoms with Crippen molar-refractivity contribution in [2.24, 2.45) is 5.92 Å². The van der Waals surface area contributed by atoms with Gasteiger partial charge in [0.2, 0.25) is 0 Å². The molecule has 0 amide bonds. The van der Waals surface area contributed by atoms with Gasteiger partial charge in [0.1, 0.15) is 5.75 Å². The Bertz CT molecular complexity index is 546. The largest absolute Gasteiger partial charge is 0.490 e. The van der Waals surface area contributed by atoms with Crippen LogP contribution in [0.15, 0.2) is 23.1 Å². The predicted molar refractivity (Wildman–Crippen MR) is 76.3 cm³/mol. The van der Waals surface area contributed by atoms with Crippen LogP contribution in [-0.4, -0.2) is 14.5 Å². The molecule has 0 heterocycles. The van der Waals surface area contributed by atoms with Crippen LogP contribution in [0.1, 0.15) is 38.2 Å². The van der Waals surface area contributed by atoms with E-state index in [1.54, 1.807) is 19.1 Å². The van der Waals surface area contributed by atoms with E-state index in [4.69, 9.17) is 15.4 Å². The summed E-state index contributed by atoms with van der Waals surface area (Å²) in [5.41, 5.74) is 0.622. The highest BCUT2D eigenvalue weighted by Gasteiger charge is 2.20. The predicted octanol–water partition coefficient (Wildman–Crippen LogP) is 3.88. The van der Waals surface area contributed by atoms with Crippen LogP contribution >= 0.6 is 10.7 Å². The lowest BCUT2D eigenvalue weighted by Crippen LogP contribution is -2.23. The summed E-state index contributed by atoms with van der Waals surface area (Å²) in [6.45, 7) is 3.99. The molecular formula is C14H19ClO3S. The van der Waals surface area contributed by atoms with E-state index in [1.165, 1.54) is 18.9 Å². The Labute approximate surface area is 119 Å². The van der Waals surface area contributed by atoms with Gasteiger partial charge in [0.25, 0.3) is 9.05 Å². The van der Waals surface area contributed by atoms with Gasteiger partial charge in [-0.2, -0.15) is 0 Å². The Hall–Kier alpha value is -0.740. The topological polar surface area (TPSA) is 43.4 Å². The van der Waals surface area contributed by atoms with E-state index in [0.717, 1.165) is 24.5 Å². The average Bonchev–Trinajstić information content (AvgIpc) is 2.30. The standard InChI is InChI=1S/C14H19ClO3S/c1-10-3-5-12(6-4-10)18-13-7-8-14(11(2)9-13)19(15,16)17/h7-10,12H,3-6H2,1-2H3. The van der Waals surface area contributed by atoms with Gasteiger partial charge in [-0.05, 0) is 62.3 Å². The van der Waals surface area contributed by atoms with E-state index in [1.807, 2.05) is 0 Å². The molecule has 0 atom stereocenters. The highest BCUT2D eigenvalue weighted by atomic mass is 35.7. The van der Waals surface area contributed by atoms with Gasteiger partial charge in [0.05, 0.1) is 11.0 Å². The van der Waals surface area contributed by atoms with Gasteiger partial charge in [0.15, 0.2) is 0 Å². The molecule has 0 aliphatic heterocycles. The number of ether oxygens (including phenoxy) is 1. The summed E-state index contributed by atoms with van der Waals surface area (Å²) in [5, 5.41) is 0. The van der Waals surface area contributed by atoms with Gasteiger partial charge in [-0.15, -0.1) is 0 Å². The molecule has 1 fully saturated rings. The highest BCUT2D eigenvalue weighted by molar-refractivity contribution is 8.13. The van der Waals surface area contributed by atoms with Crippen LogP contribution in [0.25, 0.3) is 0 Å². The molecule has 19 heavy (non-hydrogen) atoms. The third kappa shape index (κ3) is 3.86. The van der Waals surface area contributed by atoms with E-state index in [2.05, 4.69) is 6.92 Å². The Balaban J connectivity index is 2.08. The van der Waals surface area contributed by atoms with E-state index < -0.39 is 9.05 Å². The second-order valence-corrected chi connectivity index (χ2v) is 7.90. The van der Waals surface area contributed by atoms with Crippen molar-refractivity contribution in [3.8, 4) is 5.75 Å². The summed E-state index contributed by atoms with van der Waals surface area (Å²) >= 11 is 0. The SMILES string of the molecule is Cc1cc(OC2CCC(C)CC2)ccc1S(=O)(=O)Cl. The van der Waals surface area contributed by atoms with Gasteiger partial charge >= 0.3 is 0 Å². The summed E-state index contributed by atoms with van der Waals surface area (Å²) in [7, 11) is 1.68. The maximum absolute atomic E-state index is 11.3. The van der Waals surface area contributed by atoms with Crippen LogP contribution < -0.4 is 4.74 Å². The molecule has 0 N–H and O–H groups in total. The van der Waals surface area contributed by atoms with Crippen LogP contribution in [0.3, 0.4) is 0 Å². The van der Waals surface area contributed by atoms with Gasteiger partial charge < -0.3 is 4.74 Å². The Kier molecular flexibility index (Phi) is 4.41. The molecular weight excluding hydrogens is 284 g/mol. The molecule has 1 aliphatic rings. The molecule has 0 aromatic heterocycles. The lowest BCUT2D eigenvalue weighted by molar-refractivity contribution is 0.135. The minimum Gasteiger partial charge on any atom is -0.490 e. The van der Waals surface area contributed by atoms with Crippen molar-refractivity contribution in [2.45, 2.75) is 50.5 Å². The summed E-state index contributed by atoms with van der Waals surface area (Å²) in [6.07, 6.45) is 4.76. The van der Waals surface area contributed by atoms with E-state index >= 15 is 0 Å². The minimum absolute atomic E-state index is 0.152. The van der Waals surface area contributed by atoms with Crippen molar-refractivity contribution in [3.63, 3.8) is 0 Å². The molecule has 0 bridgehead atoms. The minimum atomic E-state index is -3.67. The monoisotopic (exact) mass is 302 g/mol. The van der Waals surface area contributed by atoms with Crippen molar-refractivity contribution < 1.29 is 13.2 Å². The zero-order valence-corrected chi connectivity index (χ0v) is 12.8. The lowest BCUT2D eigenvalue weighted by atomic mass is 9.89. The fourth-order valence-electron chi connectivity index (χ4n) is 2.51. The van der Waals surface area contributed by atoms with E-state index in [9.17, 15) is 8.42 Å². The number of rotatable bonds is 3. The normalized spacial score (nSPS) is 24.2. The zero-order valence-electron chi connectivity index (χ0n) is 11.2. The van der Waals surface area contributed by atoms with Crippen molar-refractivity contribution in [1.29, 1.82) is 0 Å². The molecule has 0 radical (unpaired) electrons. The molecule has 106 valence electrons. The van der Waals surface area contributed by atoms with Gasteiger partial charge in [-0.1, -0.05) is 6.92 Å². The second-order valence-electron chi connectivity index (χ2n) is 5.36. The van der Waals surface area contributed by atoms with Crippen LogP contribution in [-0.2, 0) is 9.05 Å². The van der Waals surface area contributed by atoms with E-state index in [0.29, 0.717) is 5.56 Å². The molecule has 0 saturated heterocycles. The second kappa shape index (κ2) is 5.71. The number of benzene rings is 1. The van der Waals surface area contributed by atoms with Gasteiger partial charge in [-0.25, -0.2) is 8.42 Å². The van der Waals surface area contributed by atoms with Crippen LogP contribution in [0, 0.1) is 12.8 Å². The molecule has 5 heteroatoms. The smallest absolute Gasteiger partial charge is 0.261 e. The average molecular weight is 303 g/mol. The first-order valence-corrected chi connectivity index (χ1v) is 8.89. The lowest BCUT2D eigenvalue weighted by Gasteiger charge is -2.27. The first-order valence-electron chi connectivity index (χ1n) is 6.58. The van der Waals surface area contributed by atoms with Crippen molar-refractivity contribution >= 4 is 19.7 Å². The summed E-state index contributed by atoms with van der Waals surface area (Å²) in [5.74, 6) is 1.51. The number of hydrogen-bond donors (Lipinski definition) is 0. The number of aryl methyl sites for hydroxylation is 1. The summed E-state index contributed by atoms with van der Waals surface area (Å²) in [4.78, 5) is 0.152. The van der Waals surface area contributed by atoms with Crippen LogP contribution in [0.2, 0.25) is 0 Å². The highest BCUT2D eigenvalue weighted by Crippen LogP contribution is 2.29. The third-order valence-corrected chi connectivity index (χ3v) is 5.16. The first kappa shape index (κ1) is 14.7. The number of halogens is 1. The van der Waals surface area contributed by atoms with E-state index in [-0.39, 0.29) is 11.0 Å². The molecule has 1 saturated carbocycles. The summed E-state index contributed by atoms with van der Waals surface area (Å²) in [6, 6.07) is 4.94. The van der Waals surface area contributed by atoms with Crippen LogP contribution in [0.5, 0.6) is 5.75 Å². The zero-order chi connectivity index (χ0) is 14.0. The van der Waals surface area contributed by atoms with Crippen molar-refractivity contribution in [3.05, 3.63) is 23.8 Å². The Morgan fingerprint density at radius 2 is 1.84 bits per heavy atom. The third-order valence-electron chi connectivity index (χ3n) is 3.67. The van der Waals surface area contributed by atoms with Crippen molar-refractivity contribution in [2.75, 3.05) is 0 Å².